The van der Waals surface area contributed by atoms with Crippen LogP contribution in [0, 0.1) is 23.7 Å². The van der Waals surface area contributed by atoms with Crippen LogP contribution in [0.25, 0.3) is 0 Å². The van der Waals surface area contributed by atoms with E-state index in [2.05, 4.69) is 0 Å². The van der Waals surface area contributed by atoms with Crippen LogP contribution in [0.1, 0.15) is 0 Å². The predicted octanol–water partition coefficient (Wildman–Crippen LogP) is 11.7. The van der Waals surface area contributed by atoms with Crippen LogP contribution in [0.5, 0.6) is 0 Å². The van der Waals surface area contributed by atoms with Crippen LogP contribution < -0.4 is 0 Å². The second kappa shape index (κ2) is 11.1. The second-order valence-electron chi connectivity index (χ2n) is 5.26. The summed E-state index contributed by atoms with van der Waals surface area (Å²) in [7, 11) is 0. The monoisotopic (exact) mass is 753 g/mol. The molecule has 0 saturated heterocycles. The van der Waals surface area contributed by atoms with Crippen LogP contribution in [0.4, 0.5) is 0 Å². The summed E-state index contributed by atoms with van der Waals surface area (Å²) >= 11 is 108. The summed E-state index contributed by atoms with van der Waals surface area (Å²) < 4.78 is -14.6. The number of halogens is 18. The van der Waals surface area contributed by atoms with Crippen molar-refractivity contribution in [3.63, 3.8) is 0 Å². The fraction of sp³-hybridized carbons (Fsp3) is 1.00. The Morgan fingerprint density at radius 2 is 0.357 bits per heavy atom. The Morgan fingerprint density at radius 3 is 0.429 bits per heavy atom. The Bertz CT molecular complexity index is 387. The quantitative estimate of drug-likeness (QED) is 0.251. The van der Waals surface area contributed by atoms with E-state index < -0.39 is 46.4 Å². The average molecular weight is 762 g/mol. The summed E-state index contributed by atoms with van der Waals surface area (Å²) in [6, 6.07) is 0. The largest absolute Gasteiger partial charge is 0.197 e. The molecule has 0 rings (SSSR count). The third kappa shape index (κ3) is 10.1. The van der Waals surface area contributed by atoms with E-state index in [4.69, 9.17) is 209 Å². The van der Waals surface area contributed by atoms with E-state index in [1.165, 1.54) is 0 Å². The molecule has 0 heterocycles. The fourth-order valence-electron chi connectivity index (χ4n) is 2.44. The summed E-state index contributed by atoms with van der Waals surface area (Å²) in [5, 5.41) is 0. The Balaban J connectivity index is 7.30. The molecular weight excluding hydrogens is 758 g/mol. The highest BCUT2D eigenvalue weighted by atomic mass is 35.6. The van der Waals surface area contributed by atoms with Crippen molar-refractivity contribution in [2.45, 2.75) is 22.8 Å². The van der Waals surface area contributed by atoms with Gasteiger partial charge in [-0.15, -0.1) is 0 Å². The van der Waals surface area contributed by atoms with Gasteiger partial charge in [-0.2, -0.15) is 0 Å². The van der Waals surface area contributed by atoms with Gasteiger partial charge in [0.2, 0.25) is 0 Å². The number of alkyl halides is 18. The van der Waals surface area contributed by atoms with Crippen molar-refractivity contribution >= 4 is 209 Å². The van der Waals surface area contributed by atoms with Crippen molar-refractivity contribution in [3.8, 4) is 0 Å². The summed E-state index contributed by atoms with van der Waals surface area (Å²) in [5.74, 6) is -7.10. The molecule has 0 N–H and O–H groups in total. The van der Waals surface area contributed by atoms with E-state index in [9.17, 15) is 0 Å². The Kier molecular flexibility index (Phi) is 13.2. The van der Waals surface area contributed by atoms with E-state index in [0.717, 1.165) is 0 Å². The van der Waals surface area contributed by atoms with Crippen molar-refractivity contribution in [2.75, 3.05) is 0 Å². The van der Waals surface area contributed by atoms with Crippen molar-refractivity contribution in [1.82, 2.24) is 0 Å². The Labute approximate surface area is 251 Å². The average Bonchev–Trinajstić information content (AvgIpc) is 2.13. The number of rotatable bonds is 3. The molecule has 0 spiro atoms. The van der Waals surface area contributed by atoms with Gasteiger partial charge < -0.3 is 0 Å². The van der Waals surface area contributed by atoms with Crippen LogP contribution in [-0.4, -0.2) is 22.8 Å². The van der Waals surface area contributed by atoms with E-state index in [0.29, 0.717) is 0 Å². The van der Waals surface area contributed by atoms with Gasteiger partial charge in [0.05, 0.1) is 17.8 Å². The summed E-state index contributed by atoms with van der Waals surface area (Å²) in [6.45, 7) is 0. The van der Waals surface area contributed by atoms with Gasteiger partial charge in [0.25, 0.3) is 0 Å². The highest BCUT2D eigenvalue weighted by Gasteiger charge is 2.67. The predicted molar refractivity (Wildman–Crippen MR) is 136 cm³/mol. The maximum atomic E-state index is 6.03. The molecule has 0 aliphatic carbocycles. The molecule has 0 aromatic carbocycles. The minimum Gasteiger partial charge on any atom is -0.0832 e. The van der Waals surface area contributed by atoms with E-state index in [1.807, 2.05) is 0 Å². The molecule has 0 aliphatic heterocycles. The van der Waals surface area contributed by atoms with Gasteiger partial charge in [-0.25, -0.2) is 0 Å². The fourth-order valence-corrected chi connectivity index (χ4v) is 9.52. The Hall–Kier alpha value is 5.22. The lowest BCUT2D eigenvalue weighted by Gasteiger charge is -2.50. The van der Waals surface area contributed by atoms with Crippen molar-refractivity contribution < 1.29 is 0 Å². The molecule has 0 saturated carbocycles. The van der Waals surface area contributed by atoms with Crippen molar-refractivity contribution in [2.24, 2.45) is 23.7 Å². The molecule has 18 heteroatoms. The topological polar surface area (TPSA) is 0 Å². The van der Waals surface area contributed by atoms with Crippen molar-refractivity contribution in [3.05, 3.63) is 0 Å². The number of hydrogen-bond donors (Lipinski definition) is 0. The molecule has 0 aromatic heterocycles. The lowest BCUT2D eigenvalue weighted by Crippen LogP contribution is -2.56. The molecule has 0 bridgehead atoms. The number of hydrogen-bond acceptors (Lipinski definition) is 0. The molecule has 0 radical (unpaired) electrons. The molecule has 0 aliphatic rings. The van der Waals surface area contributed by atoms with Gasteiger partial charge in [-0.05, 0) is 5.92 Å². The molecule has 0 amide bonds. The maximum absolute atomic E-state index is 6.03. The van der Waals surface area contributed by atoms with Crippen molar-refractivity contribution in [1.29, 1.82) is 0 Å². The third-order valence-corrected chi connectivity index (χ3v) is 7.50. The highest BCUT2D eigenvalue weighted by molar-refractivity contribution is 6.75. The standard InChI is InChI=1S/C10H4Cl18/c11-5(12,13)2(6(14,15)16)1(3(7(17,18)19)8(20,21)22)4(9(23,24)25)10(26,27)28/h1-4H. The van der Waals surface area contributed by atoms with Gasteiger partial charge in [-0.1, -0.05) is 209 Å². The van der Waals surface area contributed by atoms with Gasteiger partial charge in [-0.3, -0.25) is 0 Å². The molecule has 28 heavy (non-hydrogen) atoms. The molecule has 170 valence electrons. The van der Waals surface area contributed by atoms with Crippen LogP contribution in [0.2, 0.25) is 0 Å². The van der Waals surface area contributed by atoms with Crippen LogP contribution in [0.15, 0.2) is 0 Å². The first-order valence-electron chi connectivity index (χ1n) is 6.13. The maximum Gasteiger partial charge on any atom is 0.197 e. The molecule has 0 aromatic rings. The van der Waals surface area contributed by atoms with Gasteiger partial charge in [0, 0.05) is 0 Å². The zero-order valence-electron chi connectivity index (χ0n) is 12.1. The van der Waals surface area contributed by atoms with Gasteiger partial charge >= 0.3 is 0 Å². The Morgan fingerprint density at radius 1 is 0.250 bits per heavy atom. The first-order chi connectivity index (χ1) is 11.7. The normalized spacial score (nSPS) is 16.1. The zero-order chi connectivity index (χ0) is 23.3. The molecular formula is C10H4Cl18. The molecule has 0 atom stereocenters. The van der Waals surface area contributed by atoms with E-state index in [-0.39, 0.29) is 0 Å². The second-order valence-corrected chi connectivity index (χ2v) is 19.5. The molecule has 0 unspecified atom stereocenters. The van der Waals surface area contributed by atoms with E-state index >= 15 is 0 Å². The minimum absolute atomic E-state index is 1.74. The van der Waals surface area contributed by atoms with Crippen LogP contribution in [0.3, 0.4) is 0 Å². The third-order valence-electron chi connectivity index (χ3n) is 3.27. The first kappa shape index (κ1) is 33.2. The first-order valence-corrected chi connectivity index (χ1v) is 12.9. The smallest absolute Gasteiger partial charge is 0.0832 e. The van der Waals surface area contributed by atoms with Crippen LogP contribution >= 0.6 is 209 Å². The lowest BCUT2D eigenvalue weighted by molar-refractivity contribution is 0.149. The van der Waals surface area contributed by atoms with Gasteiger partial charge in [0.1, 0.15) is 0 Å². The zero-order valence-corrected chi connectivity index (χ0v) is 25.7. The van der Waals surface area contributed by atoms with Gasteiger partial charge in [0.15, 0.2) is 22.8 Å². The minimum atomic E-state index is -2.43. The van der Waals surface area contributed by atoms with E-state index in [1.54, 1.807) is 0 Å². The SMILES string of the molecule is ClC(Cl)(Cl)C(C(C(C(Cl)(Cl)Cl)C(Cl)(Cl)Cl)C(C(Cl)(Cl)Cl)C(Cl)(Cl)Cl)C(Cl)(Cl)Cl. The highest BCUT2D eigenvalue weighted by Crippen LogP contribution is 2.67. The summed E-state index contributed by atoms with van der Waals surface area (Å²) in [6.07, 6.45) is 0. The molecule has 0 fully saturated rings. The summed E-state index contributed by atoms with van der Waals surface area (Å²) in [4.78, 5) is 0. The lowest BCUT2D eigenvalue weighted by atomic mass is 9.75. The summed E-state index contributed by atoms with van der Waals surface area (Å²) in [5.41, 5.74) is 0. The molecule has 0 nitrogen and oxygen atoms in total. The van der Waals surface area contributed by atoms with Crippen LogP contribution in [-0.2, 0) is 0 Å².